The molecule has 1 atom stereocenters. The monoisotopic (exact) mass is 515 g/mol. The van der Waals surface area contributed by atoms with Crippen LogP contribution in [0.1, 0.15) is 49.4 Å². The number of ketones is 1. The highest BCUT2D eigenvalue weighted by Crippen LogP contribution is 2.43. The van der Waals surface area contributed by atoms with Crippen molar-refractivity contribution in [3.63, 3.8) is 0 Å². The number of hydrogen-bond acceptors (Lipinski definition) is 6. The molecule has 4 rings (SSSR count). The number of benzene rings is 3. The Kier molecular flexibility index (Phi) is 8.69. The molecule has 0 spiro atoms. The van der Waals surface area contributed by atoms with Gasteiger partial charge in [-0.1, -0.05) is 49.7 Å². The fourth-order valence-electron chi connectivity index (χ4n) is 4.48. The predicted molar refractivity (Wildman–Crippen MR) is 145 cm³/mol. The first-order chi connectivity index (χ1) is 18.5. The minimum atomic E-state index is -0.818. The third kappa shape index (κ3) is 5.67. The van der Waals surface area contributed by atoms with Crippen molar-refractivity contribution >= 4 is 17.4 Å². The number of carbonyl (C=O) groups is 2. The number of hydrogen-bond donors (Lipinski definition) is 1. The molecule has 1 aliphatic heterocycles. The molecule has 1 N–H and O–H groups in total. The number of Topliss-reactive ketones (excluding diaryl/α,β-unsaturated/α-hetero) is 1. The number of nitrogens with zero attached hydrogens (tertiary/aromatic N) is 1. The van der Waals surface area contributed by atoms with Crippen LogP contribution in [-0.4, -0.2) is 42.0 Å². The molecular formula is C31H33NO6. The lowest BCUT2D eigenvalue weighted by Gasteiger charge is -2.26. The molecule has 1 fully saturated rings. The number of amides is 1. The second-order valence-corrected chi connectivity index (χ2v) is 8.98. The SMILES string of the molecule is CCCCOc1ccc(C2/C(=C(\O)c3ccc(OC)cc3)C(=O)C(=O)N2Cc2ccccc2)cc1OCC. The number of carbonyl (C=O) groups excluding carboxylic acids is 2. The van der Waals surface area contributed by atoms with Gasteiger partial charge in [0.2, 0.25) is 0 Å². The second kappa shape index (κ2) is 12.3. The summed E-state index contributed by atoms with van der Waals surface area (Å²) in [6.45, 7) is 5.15. The van der Waals surface area contributed by atoms with Gasteiger partial charge in [0.15, 0.2) is 11.5 Å². The first-order valence-electron chi connectivity index (χ1n) is 12.8. The molecule has 0 bridgehead atoms. The van der Waals surface area contributed by atoms with Crippen molar-refractivity contribution in [2.24, 2.45) is 0 Å². The molecule has 198 valence electrons. The molecule has 3 aromatic rings. The van der Waals surface area contributed by atoms with Crippen LogP contribution in [0.15, 0.2) is 78.4 Å². The average Bonchev–Trinajstić information content (AvgIpc) is 3.19. The molecule has 0 aromatic heterocycles. The highest BCUT2D eigenvalue weighted by molar-refractivity contribution is 6.46. The van der Waals surface area contributed by atoms with E-state index in [0.29, 0.717) is 41.6 Å². The normalized spacial score (nSPS) is 16.5. The molecule has 1 heterocycles. The van der Waals surface area contributed by atoms with E-state index in [0.717, 1.165) is 18.4 Å². The van der Waals surface area contributed by atoms with Gasteiger partial charge in [0.05, 0.1) is 31.9 Å². The Morgan fingerprint density at radius 3 is 2.32 bits per heavy atom. The largest absolute Gasteiger partial charge is 0.507 e. The molecule has 0 radical (unpaired) electrons. The van der Waals surface area contributed by atoms with E-state index in [1.54, 1.807) is 43.5 Å². The number of likely N-dealkylation sites (tertiary alicyclic amines) is 1. The molecule has 7 heteroatoms. The second-order valence-electron chi connectivity index (χ2n) is 8.98. The van der Waals surface area contributed by atoms with Gasteiger partial charge in [-0.3, -0.25) is 9.59 Å². The summed E-state index contributed by atoms with van der Waals surface area (Å²) in [5.41, 5.74) is 1.95. The molecule has 1 saturated heterocycles. The van der Waals surface area contributed by atoms with Crippen molar-refractivity contribution in [3.8, 4) is 17.2 Å². The van der Waals surface area contributed by atoms with E-state index in [1.807, 2.05) is 43.3 Å². The predicted octanol–water partition coefficient (Wildman–Crippen LogP) is 5.89. The van der Waals surface area contributed by atoms with Crippen molar-refractivity contribution in [2.75, 3.05) is 20.3 Å². The van der Waals surface area contributed by atoms with E-state index in [9.17, 15) is 14.7 Å². The molecule has 38 heavy (non-hydrogen) atoms. The Morgan fingerprint density at radius 1 is 0.921 bits per heavy atom. The van der Waals surface area contributed by atoms with Crippen LogP contribution in [0.5, 0.6) is 17.2 Å². The van der Waals surface area contributed by atoms with Gasteiger partial charge in [-0.2, -0.15) is 0 Å². The first kappa shape index (κ1) is 26.8. The molecule has 1 aliphatic rings. The number of aliphatic hydroxyl groups is 1. The zero-order chi connectivity index (χ0) is 27.1. The van der Waals surface area contributed by atoms with Gasteiger partial charge in [-0.15, -0.1) is 0 Å². The number of aliphatic hydroxyl groups excluding tert-OH is 1. The molecule has 7 nitrogen and oxygen atoms in total. The van der Waals surface area contributed by atoms with Crippen LogP contribution in [0.25, 0.3) is 5.76 Å². The van der Waals surface area contributed by atoms with Crippen molar-refractivity contribution in [3.05, 3.63) is 95.1 Å². The van der Waals surface area contributed by atoms with Crippen LogP contribution in [-0.2, 0) is 16.1 Å². The fourth-order valence-corrected chi connectivity index (χ4v) is 4.48. The van der Waals surface area contributed by atoms with E-state index in [-0.39, 0.29) is 17.9 Å². The minimum absolute atomic E-state index is 0.0261. The first-order valence-corrected chi connectivity index (χ1v) is 12.8. The zero-order valence-corrected chi connectivity index (χ0v) is 22.0. The molecule has 0 aliphatic carbocycles. The Labute approximate surface area is 223 Å². The van der Waals surface area contributed by atoms with Crippen LogP contribution >= 0.6 is 0 Å². The summed E-state index contributed by atoms with van der Waals surface area (Å²) in [4.78, 5) is 28.2. The van der Waals surface area contributed by atoms with Gasteiger partial charge in [0.1, 0.15) is 11.5 Å². The summed E-state index contributed by atoms with van der Waals surface area (Å²) in [7, 11) is 1.55. The van der Waals surface area contributed by atoms with Crippen molar-refractivity contribution < 1.29 is 28.9 Å². The Bertz CT molecular complexity index is 1300. The fraction of sp³-hybridized carbons (Fsp3) is 0.290. The number of methoxy groups -OCH3 is 1. The summed E-state index contributed by atoms with van der Waals surface area (Å²) < 4.78 is 17.0. The van der Waals surface area contributed by atoms with E-state index >= 15 is 0 Å². The summed E-state index contributed by atoms with van der Waals surface area (Å²) in [6, 6.07) is 20.8. The van der Waals surface area contributed by atoms with Crippen molar-refractivity contribution in [1.82, 2.24) is 4.90 Å². The topological polar surface area (TPSA) is 85.3 Å². The van der Waals surface area contributed by atoms with Gasteiger partial charge in [-0.05, 0) is 60.9 Å². The van der Waals surface area contributed by atoms with Crippen molar-refractivity contribution in [1.29, 1.82) is 0 Å². The van der Waals surface area contributed by atoms with Gasteiger partial charge in [0.25, 0.3) is 11.7 Å². The smallest absolute Gasteiger partial charge is 0.295 e. The molecular weight excluding hydrogens is 482 g/mol. The zero-order valence-electron chi connectivity index (χ0n) is 22.0. The maximum absolute atomic E-state index is 13.4. The Morgan fingerprint density at radius 2 is 1.66 bits per heavy atom. The quantitative estimate of drug-likeness (QED) is 0.148. The number of rotatable bonds is 11. The van der Waals surface area contributed by atoms with Crippen molar-refractivity contribution in [2.45, 2.75) is 39.3 Å². The van der Waals surface area contributed by atoms with Gasteiger partial charge < -0.3 is 24.2 Å². The highest BCUT2D eigenvalue weighted by Gasteiger charge is 2.46. The Balaban J connectivity index is 1.83. The van der Waals surface area contributed by atoms with Crippen LogP contribution in [0.4, 0.5) is 0 Å². The van der Waals surface area contributed by atoms with E-state index < -0.39 is 17.7 Å². The molecule has 0 saturated carbocycles. The van der Waals surface area contributed by atoms with E-state index in [2.05, 4.69) is 6.92 Å². The lowest BCUT2D eigenvalue weighted by atomic mass is 9.94. The average molecular weight is 516 g/mol. The lowest BCUT2D eigenvalue weighted by molar-refractivity contribution is -0.140. The third-order valence-electron chi connectivity index (χ3n) is 6.44. The highest BCUT2D eigenvalue weighted by atomic mass is 16.5. The standard InChI is InChI=1S/C31H33NO6/c1-4-6-18-38-25-17-14-23(19-26(25)37-5-2)28-27(29(33)22-12-15-24(36-3)16-13-22)30(34)31(35)32(28)20-21-10-8-7-9-11-21/h7-17,19,28,33H,4-6,18,20H2,1-3H3/b29-27+. The van der Waals surface area contributed by atoms with Crippen LogP contribution < -0.4 is 14.2 Å². The molecule has 3 aromatic carbocycles. The molecule has 1 amide bonds. The van der Waals surface area contributed by atoms with Crippen LogP contribution in [0.3, 0.4) is 0 Å². The summed E-state index contributed by atoms with van der Waals surface area (Å²) in [6.07, 6.45) is 1.91. The third-order valence-corrected chi connectivity index (χ3v) is 6.44. The maximum Gasteiger partial charge on any atom is 0.295 e. The summed E-state index contributed by atoms with van der Waals surface area (Å²) >= 11 is 0. The van der Waals surface area contributed by atoms with Gasteiger partial charge in [0, 0.05) is 12.1 Å². The van der Waals surface area contributed by atoms with E-state index in [1.165, 1.54) is 4.90 Å². The Hall–Kier alpha value is -4.26. The number of unbranched alkanes of at least 4 members (excludes halogenated alkanes) is 1. The van der Waals surface area contributed by atoms with Gasteiger partial charge in [-0.25, -0.2) is 0 Å². The van der Waals surface area contributed by atoms with Crippen LogP contribution in [0.2, 0.25) is 0 Å². The minimum Gasteiger partial charge on any atom is -0.507 e. The number of ether oxygens (including phenoxy) is 3. The van der Waals surface area contributed by atoms with Gasteiger partial charge >= 0.3 is 0 Å². The molecule has 1 unspecified atom stereocenters. The summed E-state index contributed by atoms with van der Waals surface area (Å²) in [5, 5.41) is 11.3. The van der Waals surface area contributed by atoms with E-state index in [4.69, 9.17) is 14.2 Å². The maximum atomic E-state index is 13.4. The lowest BCUT2D eigenvalue weighted by Crippen LogP contribution is -2.29. The summed E-state index contributed by atoms with van der Waals surface area (Å²) in [5.74, 6) is 0.0844. The van der Waals surface area contributed by atoms with Crippen LogP contribution in [0, 0.1) is 0 Å².